The van der Waals surface area contributed by atoms with E-state index >= 15 is 0 Å². The number of aromatic nitrogens is 1. The molecule has 4 nitrogen and oxygen atoms in total. The highest BCUT2D eigenvalue weighted by Crippen LogP contribution is 2.34. The van der Waals surface area contributed by atoms with Gasteiger partial charge in [-0.05, 0) is 26.0 Å². The first kappa shape index (κ1) is 17.1. The molecule has 2 aromatic rings. The number of hydrogen-bond acceptors (Lipinski definition) is 5. The van der Waals surface area contributed by atoms with E-state index in [1.807, 2.05) is 6.92 Å². The lowest BCUT2D eigenvalue weighted by Crippen LogP contribution is -2.26. The summed E-state index contributed by atoms with van der Waals surface area (Å²) in [6.07, 6.45) is 0. The minimum Gasteiger partial charge on any atom is -0.330 e. The third kappa shape index (κ3) is 3.79. The second-order valence-electron chi connectivity index (χ2n) is 4.46. The number of thiophene rings is 1. The van der Waals surface area contributed by atoms with Gasteiger partial charge < -0.3 is 11.1 Å². The molecule has 3 N–H and O–H groups in total. The quantitative estimate of drug-likeness (QED) is 0.901. The SMILES string of the molecule is Cc1ccc(-c2nc(NC(=O)C(C)CN)sc2C)s1.Cl. The molecular formula is C13H18ClN3OS2. The van der Waals surface area contributed by atoms with Gasteiger partial charge in [0.2, 0.25) is 5.91 Å². The van der Waals surface area contributed by atoms with Crippen molar-refractivity contribution in [1.82, 2.24) is 4.98 Å². The molecule has 0 aliphatic heterocycles. The highest BCUT2D eigenvalue weighted by molar-refractivity contribution is 7.18. The monoisotopic (exact) mass is 331 g/mol. The third-order valence-electron chi connectivity index (χ3n) is 2.80. The topological polar surface area (TPSA) is 68.0 Å². The Kier molecular flexibility index (Phi) is 6.13. The predicted octanol–water partition coefficient (Wildman–Crippen LogP) is 3.44. The number of hydrogen-bond donors (Lipinski definition) is 2. The van der Waals surface area contributed by atoms with Gasteiger partial charge in [0.1, 0.15) is 0 Å². The number of rotatable bonds is 4. The molecule has 110 valence electrons. The standard InChI is InChI=1S/C13H17N3OS2.ClH/c1-7(6-14)12(17)16-13-15-11(9(3)19-13)10-5-4-8(2)18-10;/h4-5,7H,6,14H2,1-3H3,(H,15,16,17);1H. The van der Waals surface area contributed by atoms with Crippen molar-refractivity contribution >= 4 is 46.1 Å². The van der Waals surface area contributed by atoms with Crippen LogP contribution in [-0.2, 0) is 4.79 Å². The van der Waals surface area contributed by atoms with E-state index in [-0.39, 0.29) is 24.2 Å². The number of nitrogens with zero attached hydrogens (tertiary/aromatic N) is 1. The molecule has 0 aliphatic carbocycles. The van der Waals surface area contributed by atoms with Crippen LogP contribution >= 0.6 is 35.1 Å². The number of aryl methyl sites for hydroxylation is 2. The van der Waals surface area contributed by atoms with E-state index < -0.39 is 0 Å². The fraction of sp³-hybridized carbons (Fsp3) is 0.385. The van der Waals surface area contributed by atoms with Crippen LogP contribution in [0, 0.1) is 19.8 Å². The summed E-state index contributed by atoms with van der Waals surface area (Å²) in [4.78, 5) is 19.8. The number of nitrogens with two attached hydrogens (primary N) is 1. The maximum Gasteiger partial charge on any atom is 0.230 e. The van der Waals surface area contributed by atoms with E-state index in [0.29, 0.717) is 11.7 Å². The Morgan fingerprint density at radius 1 is 1.40 bits per heavy atom. The van der Waals surface area contributed by atoms with E-state index in [4.69, 9.17) is 5.73 Å². The van der Waals surface area contributed by atoms with E-state index in [2.05, 4.69) is 29.4 Å². The van der Waals surface area contributed by atoms with E-state index in [0.717, 1.165) is 15.4 Å². The summed E-state index contributed by atoms with van der Waals surface area (Å²) in [6, 6.07) is 4.14. The van der Waals surface area contributed by atoms with Crippen LogP contribution in [0.5, 0.6) is 0 Å². The largest absolute Gasteiger partial charge is 0.330 e. The van der Waals surface area contributed by atoms with Crippen LogP contribution in [-0.4, -0.2) is 17.4 Å². The Balaban J connectivity index is 0.00000200. The van der Waals surface area contributed by atoms with E-state index in [1.165, 1.54) is 16.2 Å². The first-order valence-electron chi connectivity index (χ1n) is 6.06. The molecule has 2 heterocycles. The number of halogens is 1. The number of anilines is 1. The van der Waals surface area contributed by atoms with Gasteiger partial charge in [0.15, 0.2) is 5.13 Å². The fourth-order valence-electron chi connectivity index (χ4n) is 1.58. The molecule has 1 atom stereocenters. The molecule has 0 spiro atoms. The second kappa shape index (κ2) is 7.17. The summed E-state index contributed by atoms with van der Waals surface area (Å²) < 4.78 is 0. The van der Waals surface area contributed by atoms with Gasteiger partial charge in [0.25, 0.3) is 0 Å². The molecule has 7 heteroatoms. The lowest BCUT2D eigenvalue weighted by molar-refractivity contribution is -0.119. The smallest absolute Gasteiger partial charge is 0.230 e. The molecule has 20 heavy (non-hydrogen) atoms. The highest BCUT2D eigenvalue weighted by atomic mass is 35.5. The van der Waals surface area contributed by atoms with Crippen molar-refractivity contribution in [1.29, 1.82) is 0 Å². The molecule has 0 fully saturated rings. The van der Waals surface area contributed by atoms with Crippen LogP contribution in [0.4, 0.5) is 5.13 Å². The first-order valence-corrected chi connectivity index (χ1v) is 7.69. The van der Waals surface area contributed by atoms with Gasteiger partial charge in [-0.3, -0.25) is 4.79 Å². The Morgan fingerprint density at radius 3 is 2.65 bits per heavy atom. The van der Waals surface area contributed by atoms with Gasteiger partial charge in [-0.1, -0.05) is 6.92 Å². The molecule has 0 saturated heterocycles. The zero-order chi connectivity index (χ0) is 14.0. The van der Waals surface area contributed by atoms with Crippen LogP contribution in [0.2, 0.25) is 0 Å². The van der Waals surface area contributed by atoms with Crippen molar-refractivity contribution < 1.29 is 4.79 Å². The Hall–Kier alpha value is -0.950. The average molecular weight is 332 g/mol. The lowest BCUT2D eigenvalue weighted by atomic mass is 10.2. The van der Waals surface area contributed by atoms with E-state index in [1.54, 1.807) is 18.3 Å². The van der Waals surface area contributed by atoms with Crippen LogP contribution in [0.25, 0.3) is 10.6 Å². The summed E-state index contributed by atoms with van der Waals surface area (Å²) in [5, 5.41) is 3.47. The summed E-state index contributed by atoms with van der Waals surface area (Å²) >= 11 is 3.21. The number of carbonyl (C=O) groups excluding carboxylic acids is 1. The second-order valence-corrected chi connectivity index (χ2v) is 6.95. The predicted molar refractivity (Wildman–Crippen MR) is 89.0 cm³/mol. The summed E-state index contributed by atoms with van der Waals surface area (Å²) in [5.74, 6) is -0.276. The molecular weight excluding hydrogens is 314 g/mol. The molecule has 2 aromatic heterocycles. The maximum atomic E-state index is 11.8. The van der Waals surface area contributed by atoms with Crippen molar-refractivity contribution in [2.24, 2.45) is 11.7 Å². The average Bonchev–Trinajstić information content (AvgIpc) is 2.94. The van der Waals surface area contributed by atoms with Crippen LogP contribution < -0.4 is 11.1 Å². The van der Waals surface area contributed by atoms with Gasteiger partial charge in [0.05, 0.1) is 10.6 Å². The van der Waals surface area contributed by atoms with Crippen LogP contribution in [0.15, 0.2) is 12.1 Å². The Labute approximate surface area is 132 Å². The number of amides is 1. The minimum atomic E-state index is -0.198. The third-order valence-corrected chi connectivity index (χ3v) is 4.70. The first-order chi connectivity index (χ1) is 9.01. The Morgan fingerprint density at radius 2 is 2.10 bits per heavy atom. The minimum absolute atomic E-state index is 0. The zero-order valence-electron chi connectivity index (χ0n) is 11.6. The molecule has 0 radical (unpaired) electrons. The van der Waals surface area contributed by atoms with Crippen molar-refractivity contribution in [3.8, 4) is 10.6 Å². The highest BCUT2D eigenvalue weighted by Gasteiger charge is 2.16. The molecule has 1 unspecified atom stereocenters. The molecule has 0 bridgehead atoms. The molecule has 2 rings (SSSR count). The number of nitrogens with one attached hydrogen (secondary N) is 1. The van der Waals surface area contributed by atoms with Crippen molar-refractivity contribution in [2.75, 3.05) is 11.9 Å². The summed E-state index contributed by atoms with van der Waals surface area (Å²) in [5.41, 5.74) is 6.44. The van der Waals surface area contributed by atoms with Gasteiger partial charge in [-0.2, -0.15) is 0 Å². The van der Waals surface area contributed by atoms with Gasteiger partial charge >= 0.3 is 0 Å². The van der Waals surface area contributed by atoms with Gasteiger partial charge in [-0.25, -0.2) is 4.98 Å². The maximum absolute atomic E-state index is 11.8. The van der Waals surface area contributed by atoms with Crippen LogP contribution in [0.1, 0.15) is 16.7 Å². The fourth-order valence-corrected chi connectivity index (χ4v) is 3.39. The molecule has 0 aliphatic rings. The normalized spacial score (nSPS) is 11.8. The van der Waals surface area contributed by atoms with Gasteiger partial charge in [-0.15, -0.1) is 35.1 Å². The number of carbonyl (C=O) groups is 1. The summed E-state index contributed by atoms with van der Waals surface area (Å²) in [7, 11) is 0. The van der Waals surface area contributed by atoms with Gasteiger partial charge in [0, 0.05) is 22.2 Å². The van der Waals surface area contributed by atoms with Crippen molar-refractivity contribution in [3.63, 3.8) is 0 Å². The summed E-state index contributed by atoms with van der Waals surface area (Å²) in [6.45, 7) is 6.23. The molecule has 0 aromatic carbocycles. The van der Waals surface area contributed by atoms with Crippen LogP contribution in [0.3, 0.4) is 0 Å². The zero-order valence-corrected chi connectivity index (χ0v) is 14.0. The van der Waals surface area contributed by atoms with Crippen molar-refractivity contribution in [3.05, 3.63) is 21.9 Å². The molecule has 1 amide bonds. The van der Waals surface area contributed by atoms with E-state index in [9.17, 15) is 4.79 Å². The number of thiazole rings is 1. The Bertz CT molecular complexity index is 594. The van der Waals surface area contributed by atoms with Crippen molar-refractivity contribution in [2.45, 2.75) is 20.8 Å². The lowest BCUT2D eigenvalue weighted by Gasteiger charge is -2.06. The molecule has 0 saturated carbocycles.